The van der Waals surface area contributed by atoms with Gasteiger partial charge in [-0.3, -0.25) is 0 Å². The van der Waals surface area contributed by atoms with Crippen molar-refractivity contribution in [1.29, 1.82) is 0 Å². The van der Waals surface area contributed by atoms with Crippen LogP contribution in [0.25, 0.3) is 11.1 Å². The van der Waals surface area contributed by atoms with Crippen LogP contribution in [-0.2, 0) is 0 Å². The van der Waals surface area contributed by atoms with Gasteiger partial charge in [-0.2, -0.15) is 4.58 Å². The van der Waals surface area contributed by atoms with E-state index in [1.807, 2.05) is 0 Å². The minimum absolute atomic E-state index is 0.655. The molecular weight excluding hydrogens is 270 g/mol. The fourth-order valence-electron chi connectivity index (χ4n) is 3.57. The Morgan fingerprint density at radius 1 is 0.864 bits per heavy atom. The van der Waals surface area contributed by atoms with Gasteiger partial charge in [0.2, 0.25) is 0 Å². The summed E-state index contributed by atoms with van der Waals surface area (Å²) >= 11 is 0. The van der Waals surface area contributed by atoms with Gasteiger partial charge < -0.3 is 4.74 Å². The van der Waals surface area contributed by atoms with Crippen LogP contribution in [0.4, 0.5) is 0 Å². The Hall–Kier alpha value is -2.09. The Morgan fingerprint density at radius 2 is 1.68 bits per heavy atom. The largest absolute Gasteiger partial charge is 0.435 e. The van der Waals surface area contributed by atoms with E-state index in [1.54, 1.807) is 0 Å². The number of ether oxygens (including phenoxy) is 1. The van der Waals surface area contributed by atoms with E-state index in [2.05, 4.69) is 59.3 Å². The summed E-state index contributed by atoms with van der Waals surface area (Å²) in [6, 6.07) is 17.7. The molecule has 0 radical (unpaired) electrons. The predicted octanol–water partition coefficient (Wildman–Crippen LogP) is 4.47. The fraction of sp³-hybridized carbons (Fsp3) is 0.350. The number of hydrogen-bond acceptors (Lipinski definition) is 1. The third-order valence-corrected chi connectivity index (χ3v) is 4.83. The standard InChI is InChI=1S/C20H22NO/c1-3-7-16(8-4-1)17-11-12-20-18(13-17)14-21(15-22-20)19-9-5-2-6-10-19/h1,3-4,7-8,11-14,19H,2,5-6,9-10,15H2/q+1. The first-order valence-corrected chi connectivity index (χ1v) is 8.33. The smallest absolute Gasteiger partial charge is 0.287 e. The van der Waals surface area contributed by atoms with E-state index in [0.29, 0.717) is 12.8 Å². The second kappa shape index (κ2) is 5.96. The van der Waals surface area contributed by atoms with Crippen LogP contribution >= 0.6 is 0 Å². The maximum Gasteiger partial charge on any atom is 0.287 e. The summed E-state index contributed by atoms with van der Waals surface area (Å²) in [5.74, 6) is 1.01. The van der Waals surface area contributed by atoms with Crippen LogP contribution in [0.15, 0.2) is 48.5 Å². The molecule has 1 aliphatic heterocycles. The van der Waals surface area contributed by atoms with E-state index >= 15 is 0 Å². The first-order chi connectivity index (χ1) is 10.9. The molecule has 0 atom stereocenters. The van der Waals surface area contributed by atoms with Crippen molar-refractivity contribution in [3.63, 3.8) is 0 Å². The molecule has 1 aliphatic carbocycles. The van der Waals surface area contributed by atoms with Gasteiger partial charge in [0, 0.05) is 12.8 Å². The van der Waals surface area contributed by atoms with Crippen molar-refractivity contribution in [2.75, 3.05) is 6.73 Å². The molecule has 1 saturated carbocycles. The zero-order valence-corrected chi connectivity index (χ0v) is 12.9. The highest BCUT2D eigenvalue weighted by molar-refractivity contribution is 5.84. The van der Waals surface area contributed by atoms with Gasteiger partial charge in [0.05, 0.1) is 5.56 Å². The molecule has 2 aliphatic rings. The maximum atomic E-state index is 5.97. The highest BCUT2D eigenvalue weighted by Gasteiger charge is 2.27. The van der Waals surface area contributed by atoms with Crippen LogP contribution in [0.2, 0.25) is 0 Å². The fourth-order valence-corrected chi connectivity index (χ4v) is 3.57. The van der Waals surface area contributed by atoms with Crippen molar-refractivity contribution in [1.82, 2.24) is 0 Å². The van der Waals surface area contributed by atoms with Crippen molar-refractivity contribution in [2.45, 2.75) is 38.1 Å². The average Bonchev–Trinajstić information content (AvgIpc) is 2.62. The summed E-state index contributed by atoms with van der Waals surface area (Å²) in [4.78, 5) is 0. The summed E-state index contributed by atoms with van der Waals surface area (Å²) in [7, 11) is 0. The summed E-state index contributed by atoms with van der Waals surface area (Å²) in [5, 5.41) is 0. The molecule has 0 spiro atoms. The summed E-state index contributed by atoms with van der Waals surface area (Å²) in [5.41, 5.74) is 3.72. The topological polar surface area (TPSA) is 12.2 Å². The molecule has 0 aromatic heterocycles. The van der Waals surface area contributed by atoms with E-state index in [4.69, 9.17) is 4.74 Å². The lowest BCUT2D eigenvalue weighted by Crippen LogP contribution is -2.35. The predicted molar refractivity (Wildman–Crippen MR) is 89.7 cm³/mol. The van der Waals surface area contributed by atoms with E-state index in [9.17, 15) is 0 Å². The molecule has 2 heteroatoms. The Labute approximate surface area is 132 Å². The van der Waals surface area contributed by atoms with Gasteiger partial charge >= 0.3 is 0 Å². The monoisotopic (exact) mass is 292 g/mol. The van der Waals surface area contributed by atoms with E-state index in [0.717, 1.165) is 5.75 Å². The van der Waals surface area contributed by atoms with Crippen LogP contribution in [0, 0.1) is 0 Å². The van der Waals surface area contributed by atoms with Gasteiger partial charge in [-0.1, -0.05) is 42.8 Å². The zero-order chi connectivity index (χ0) is 14.8. The Morgan fingerprint density at radius 3 is 2.50 bits per heavy atom. The van der Waals surface area contributed by atoms with Gasteiger partial charge in [-0.15, -0.1) is 0 Å². The lowest BCUT2D eigenvalue weighted by molar-refractivity contribution is -0.594. The lowest BCUT2D eigenvalue weighted by Gasteiger charge is -2.23. The van der Waals surface area contributed by atoms with E-state index in [-0.39, 0.29) is 0 Å². The van der Waals surface area contributed by atoms with Crippen molar-refractivity contribution in [3.8, 4) is 16.9 Å². The van der Waals surface area contributed by atoms with E-state index < -0.39 is 0 Å². The van der Waals surface area contributed by atoms with Gasteiger partial charge in [0.1, 0.15) is 5.75 Å². The molecular formula is C20H22NO+. The quantitative estimate of drug-likeness (QED) is 0.744. The minimum Gasteiger partial charge on any atom is -0.435 e. The molecule has 2 aromatic carbocycles. The highest BCUT2D eigenvalue weighted by atomic mass is 16.5. The Bertz CT molecular complexity index is 684. The Kier molecular flexibility index (Phi) is 3.67. The number of hydrogen-bond donors (Lipinski definition) is 0. The molecule has 2 aromatic rings. The first kappa shape index (κ1) is 13.6. The number of fused-ring (bicyclic) bond motifs is 1. The van der Waals surface area contributed by atoms with Crippen LogP contribution in [0.1, 0.15) is 37.7 Å². The minimum atomic E-state index is 0.655. The molecule has 1 heterocycles. The molecule has 0 N–H and O–H groups in total. The lowest BCUT2D eigenvalue weighted by atomic mass is 9.95. The molecule has 2 nitrogen and oxygen atoms in total. The second-order valence-electron chi connectivity index (χ2n) is 6.33. The Balaban J connectivity index is 1.66. The van der Waals surface area contributed by atoms with Gasteiger partial charge in [0.15, 0.2) is 12.3 Å². The molecule has 0 bridgehead atoms. The van der Waals surface area contributed by atoms with Gasteiger partial charge in [-0.25, -0.2) is 0 Å². The van der Waals surface area contributed by atoms with Crippen molar-refractivity contribution >= 4 is 6.21 Å². The third kappa shape index (κ3) is 2.66. The van der Waals surface area contributed by atoms with Crippen LogP contribution in [-0.4, -0.2) is 23.6 Å². The summed E-state index contributed by atoms with van der Waals surface area (Å²) < 4.78 is 8.37. The number of nitrogens with zero attached hydrogens (tertiary/aromatic N) is 1. The first-order valence-electron chi connectivity index (χ1n) is 8.33. The van der Waals surface area contributed by atoms with Crippen molar-refractivity contribution in [3.05, 3.63) is 54.1 Å². The molecule has 22 heavy (non-hydrogen) atoms. The van der Waals surface area contributed by atoms with E-state index in [1.165, 1.54) is 48.8 Å². The van der Waals surface area contributed by atoms with Crippen LogP contribution in [0.3, 0.4) is 0 Å². The molecule has 1 fully saturated rings. The average molecular weight is 292 g/mol. The van der Waals surface area contributed by atoms with Crippen LogP contribution in [0.5, 0.6) is 5.75 Å². The molecule has 0 saturated heterocycles. The molecule has 0 amide bonds. The molecule has 4 rings (SSSR count). The third-order valence-electron chi connectivity index (χ3n) is 4.83. The van der Waals surface area contributed by atoms with Gasteiger partial charge in [-0.05, 0) is 36.1 Å². The molecule has 112 valence electrons. The zero-order valence-electron chi connectivity index (χ0n) is 12.9. The van der Waals surface area contributed by atoms with Crippen molar-refractivity contribution < 1.29 is 9.31 Å². The highest BCUT2D eigenvalue weighted by Crippen LogP contribution is 2.28. The number of benzene rings is 2. The number of rotatable bonds is 2. The van der Waals surface area contributed by atoms with Gasteiger partial charge in [0.25, 0.3) is 6.73 Å². The van der Waals surface area contributed by atoms with Crippen LogP contribution < -0.4 is 4.74 Å². The van der Waals surface area contributed by atoms with Crippen molar-refractivity contribution in [2.24, 2.45) is 0 Å². The SMILES string of the molecule is C1=[N+](C2CCCCC2)COc2ccc(-c3ccccc3)cc21. The normalized spacial score (nSPS) is 18.3. The molecule has 0 unspecified atom stereocenters. The maximum absolute atomic E-state index is 5.97. The second-order valence-corrected chi connectivity index (χ2v) is 6.33. The summed E-state index contributed by atoms with van der Waals surface area (Å²) in [6.45, 7) is 0.697. The summed E-state index contributed by atoms with van der Waals surface area (Å²) in [6.07, 6.45) is 9.00.